The lowest BCUT2D eigenvalue weighted by molar-refractivity contribution is -0.150. The van der Waals surface area contributed by atoms with Crippen molar-refractivity contribution < 1.29 is 33.3 Å². The zero-order chi connectivity index (χ0) is 17.7. The normalized spacial score (nSPS) is 17.1. The number of fused-ring (bicyclic) bond motifs is 2. The maximum absolute atomic E-state index is 12.3. The zero-order valence-electron chi connectivity index (χ0n) is 13.4. The van der Waals surface area contributed by atoms with Gasteiger partial charge in [0.25, 0.3) is 0 Å². The van der Waals surface area contributed by atoms with Crippen LogP contribution in [0.2, 0.25) is 0 Å². The summed E-state index contributed by atoms with van der Waals surface area (Å²) in [6.45, 7) is 0.301. The van der Waals surface area contributed by atoms with Crippen LogP contribution in [0.5, 0.6) is 23.0 Å². The molecule has 0 radical (unpaired) electrons. The molecule has 0 amide bonds. The Balaban J connectivity index is 1.55. The fourth-order valence-corrected chi connectivity index (χ4v) is 3.18. The number of carbonyl (C=O) groups excluding carboxylic acids is 2. The van der Waals surface area contributed by atoms with Gasteiger partial charge in [-0.05, 0) is 35.4 Å². The number of benzene rings is 2. The molecule has 7 nitrogen and oxygen atoms in total. The first-order valence-electron chi connectivity index (χ1n) is 7.97. The summed E-state index contributed by atoms with van der Waals surface area (Å²) in [6, 6.07) is 10.5. The Morgan fingerprint density at radius 3 is 2.15 bits per heavy atom. The first-order valence-corrected chi connectivity index (χ1v) is 7.97. The molecule has 0 atom stereocenters. The van der Waals surface area contributed by atoms with E-state index in [1.165, 1.54) is 0 Å². The molecule has 0 unspecified atom stereocenters. The number of hydrogen-bond donors (Lipinski definition) is 0. The molecule has 2 aromatic carbocycles. The number of ether oxygens (including phenoxy) is 5. The lowest BCUT2D eigenvalue weighted by Gasteiger charge is -2.05. The predicted octanol–water partition coefficient (Wildman–Crippen LogP) is 2.22. The van der Waals surface area contributed by atoms with Crippen LogP contribution < -0.4 is 18.9 Å². The fraction of sp³-hybridized carbons (Fsp3) is 0.158. The first kappa shape index (κ1) is 14.8. The minimum atomic E-state index is -0.662. The SMILES string of the molecule is O=C1OC(=O)C(c2ccc3c(c2)OCO3)=C1Cc1ccc2c(c1)OCO2. The third kappa shape index (κ3) is 2.28. The lowest BCUT2D eigenvalue weighted by Crippen LogP contribution is -2.03. The van der Waals surface area contributed by atoms with Gasteiger partial charge in [0.1, 0.15) is 0 Å². The highest BCUT2D eigenvalue weighted by Gasteiger charge is 2.34. The Hall–Kier alpha value is -3.48. The molecule has 3 aliphatic rings. The van der Waals surface area contributed by atoms with Crippen LogP contribution in [0, 0.1) is 0 Å². The molecule has 0 spiro atoms. The van der Waals surface area contributed by atoms with Crippen LogP contribution in [-0.2, 0) is 20.7 Å². The van der Waals surface area contributed by atoms with E-state index in [1.807, 2.05) is 6.07 Å². The van der Waals surface area contributed by atoms with Crippen molar-refractivity contribution in [2.75, 3.05) is 13.6 Å². The molecule has 0 fully saturated rings. The topological polar surface area (TPSA) is 80.3 Å². The molecule has 26 heavy (non-hydrogen) atoms. The molecule has 0 aromatic heterocycles. The van der Waals surface area contributed by atoms with Crippen LogP contribution in [-0.4, -0.2) is 25.5 Å². The average molecular weight is 352 g/mol. The minimum absolute atomic E-state index is 0.130. The summed E-state index contributed by atoms with van der Waals surface area (Å²) >= 11 is 0. The summed E-state index contributed by atoms with van der Waals surface area (Å²) in [5.41, 5.74) is 1.91. The van der Waals surface area contributed by atoms with Gasteiger partial charge in [0.15, 0.2) is 23.0 Å². The zero-order valence-corrected chi connectivity index (χ0v) is 13.4. The molecule has 0 saturated heterocycles. The van der Waals surface area contributed by atoms with Gasteiger partial charge < -0.3 is 23.7 Å². The van der Waals surface area contributed by atoms with Gasteiger partial charge in [-0.25, -0.2) is 9.59 Å². The van der Waals surface area contributed by atoms with Crippen molar-refractivity contribution in [1.82, 2.24) is 0 Å². The van der Waals surface area contributed by atoms with Crippen LogP contribution in [0.3, 0.4) is 0 Å². The van der Waals surface area contributed by atoms with Crippen molar-refractivity contribution in [2.45, 2.75) is 6.42 Å². The molecule has 3 aliphatic heterocycles. The smallest absolute Gasteiger partial charge is 0.347 e. The minimum Gasteiger partial charge on any atom is -0.454 e. The van der Waals surface area contributed by atoms with Gasteiger partial charge in [0, 0.05) is 6.42 Å². The van der Waals surface area contributed by atoms with E-state index in [1.54, 1.807) is 30.3 Å². The van der Waals surface area contributed by atoms with E-state index in [4.69, 9.17) is 23.7 Å². The van der Waals surface area contributed by atoms with Crippen LogP contribution in [0.15, 0.2) is 42.0 Å². The van der Waals surface area contributed by atoms with Crippen molar-refractivity contribution >= 4 is 17.5 Å². The van der Waals surface area contributed by atoms with Crippen molar-refractivity contribution in [3.05, 3.63) is 53.1 Å². The first-order chi connectivity index (χ1) is 12.7. The molecule has 2 aromatic rings. The van der Waals surface area contributed by atoms with E-state index in [2.05, 4.69) is 0 Å². The molecule has 0 bridgehead atoms. The molecule has 0 aliphatic carbocycles. The third-order valence-corrected chi connectivity index (χ3v) is 4.42. The van der Waals surface area contributed by atoms with Gasteiger partial charge in [-0.1, -0.05) is 12.1 Å². The third-order valence-electron chi connectivity index (χ3n) is 4.42. The lowest BCUT2D eigenvalue weighted by atomic mass is 9.96. The van der Waals surface area contributed by atoms with Crippen LogP contribution in [0.25, 0.3) is 5.57 Å². The number of carbonyl (C=O) groups is 2. The van der Waals surface area contributed by atoms with E-state index in [-0.39, 0.29) is 25.6 Å². The summed E-state index contributed by atoms with van der Waals surface area (Å²) in [7, 11) is 0. The summed E-state index contributed by atoms with van der Waals surface area (Å²) < 4.78 is 26.1. The standard InChI is InChI=1S/C19H12O7/c20-18-12(5-10-1-3-13-15(6-10)24-8-22-13)17(19(21)26-18)11-2-4-14-16(7-11)25-9-23-14/h1-4,6-7H,5,8-9H2. The van der Waals surface area contributed by atoms with Crippen molar-refractivity contribution in [2.24, 2.45) is 0 Å². The Morgan fingerprint density at radius 1 is 0.731 bits per heavy atom. The van der Waals surface area contributed by atoms with Gasteiger partial charge in [-0.2, -0.15) is 0 Å². The molecule has 3 heterocycles. The predicted molar refractivity (Wildman–Crippen MR) is 86.9 cm³/mol. The van der Waals surface area contributed by atoms with Crippen molar-refractivity contribution in [1.29, 1.82) is 0 Å². The highest BCUT2D eigenvalue weighted by atomic mass is 16.7. The van der Waals surface area contributed by atoms with Gasteiger partial charge in [0.2, 0.25) is 13.6 Å². The second-order valence-corrected chi connectivity index (χ2v) is 5.96. The van der Waals surface area contributed by atoms with Crippen LogP contribution >= 0.6 is 0 Å². The number of rotatable bonds is 3. The van der Waals surface area contributed by atoms with E-state index >= 15 is 0 Å². The van der Waals surface area contributed by atoms with Gasteiger partial charge >= 0.3 is 11.9 Å². The summed E-state index contributed by atoms with van der Waals surface area (Å²) in [4.78, 5) is 24.5. The summed E-state index contributed by atoms with van der Waals surface area (Å²) in [5.74, 6) is 1.10. The fourth-order valence-electron chi connectivity index (χ4n) is 3.18. The number of esters is 2. The van der Waals surface area contributed by atoms with E-state index in [0.29, 0.717) is 34.1 Å². The average Bonchev–Trinajstić information content (AvgIpc) is 3.34. The molecule has 7 heteroatoms. The second kappa shape index (κ2) is 5.52. The Kier molecular flexibility index (Phi) is 3.15. The molecule has 0 saturated carbocycles. The molecule has 5 rings (SSSR count). The van der Waals surface area contributed by atoms with Crippen LogP contribution in [0.4, 0.5) is 0 Å². The van der Waals surface area contributed by atoms with Gasteiger partial charge in [-0.3, -0.25) is 0 Å². The van der Waals surface area contributed by atoms with Crippen LogP contribution in [0.1, 0.15) is 11.1 Å². The van der Waals surface area contributed by atoms with E-state index < -0.39 is 11.9 Å². The number of cyclic esters (lactones) is 2. The monoisotopic (exact) mass is 352 g/mol. The van der Waals surface area contributed by atoms with Gasteiger partial charge in [0.05, 0.1) is 11.1 Å². The molecule has 130 valence electrons. The summed E-state index contributed by atoms with van der Waals surface area (Å²) in [5, 5.41) is 0. The Morgan fingerprint density at radius 2 is 1.38 bits per heavy atom. The maximum Gasteiger partial charge on any atom is 0.347 e. The maximum atomic E-state index is 12.3. The van der Waals surface area contributed by atoms with Crippen molar-refractivity contribution in [3.63, 3.8) is 0 Å². The van der Waals surface area contributed by atoms with Gasteiger partial charge in [-0.15, -0.1) is 0 Å². The number of hydrogen-bond acceptors (Lipinski definition) is 7. The molecular formula is C19H12O7. The largest absolute Gasteiger partial charge is 0.454 e. The highest BCUT2D eigenvalue weighted by Crippen LogP contribution is 2.38. The summed E-state index contributed by atoms with van der Waals surface area (Å²) in [6.07, 6.45) is 0.241. The highest BCUT2D eigenvalue weighted by molar-refractivity contribution is 6.31. The second-order valence-electron chi connectivity index (χ2n) is 5.96. The van der Waals surface area contributed by atoms with E-state index in [0.717, 1.165) is 5.56 Å². The van der Waals surface area contributed by atoms with E-state index in [9.17, 15) is 9.59 Å². The van der Waals surface area contributed by atoms with Crippen molar-refractivity contribution in [3.8, 4) is 23.0 Å². The molecule has 0 N–H and O–H groups in total. The Labute approximate surface area is 147 Å². The molecular weight excluding hydrogens is 340 g/mol. The quantitative estimate of drug-likeness (QED) is 0.619. The Bertz CT molecular complexity index is 989.